The maximum Gasteiger partial charge on any atom is 0.122 e. The van der Waals surface area contributed by atoms with Crippen LogP contribution >= 0.6 is 0 Å². The van der Waals surface area contributed by atoms with E-state index in [1.54, 1.807) is 0 Å². The van der Waals surface area contributed by atoms with Gasteiger partial charge in [0.2, 0.25) is 0 Å². The van der Waals surface area contributed by atoms with Crippen LogP contribution < -0.4 is 0 Å². The van der Waals surface area contributed by atoms with Crippen molar-refractivity contribution in [2.75, 3.05) is 0 Å². The molecule has 30 heavy (non-hydrogen) atoms. The minimum atomic E-state index is 0.345. The third-order valence-corrected chi connectivity index (χ3v) is 6.16. The Morgan fingerprint density at radius 3 is 1.70 bits per heavy atom. The molecule has 0 bridgehead atoms. The summed E-state index contributed by atoms with van der Waals surface area (Å²) in [6.07, 6.45) is 15.1. The molecular weight excluding hydrogens is 368 g/mol. The van der Waals surface area contributed by atoms with Crippen molar-refractivity contribution < 1.29 is 10.2 Å². The summed E-state index contributed by atoms with van der Waals surface area (Å²) in [5, 5.41) is 21.0. The average Bonchev–Trinajstić information content (AvgIpc) is 2.70. The topological polar surface area (TPSA) is 40.5 Å². The minimum Gasteiger partial charge on any atom is -0.507 e. The van der Waals surface area contributed by atoms with Crippen molar-refractivity contribution in [2.24, 2.45) is 0 Å². The summed E-state index contributed by atoms with van der Waals surface area (Å²) in [5.74, 6) is 0.707. The predicted octanol–water partition coefficient (Wildman–Crippen LogP) is 8.08. The van der Waals surface area contributed by atoms with E-state index in [-0.39, 0.29) is 0 Å². The van der Waals surface area contributed by atoms with E-state index in [1.165, 1.54) is 69.8 Å². The minimum absolute atomic E-state index is 0.345. The Labute approximate surface area is 184 Å². The first-order chi connectivity index (χ1) is 14.4. The maximum atomic E-state index is 10.6. The van der Waals surface area contributed by atoms with Crippen molar-refractivity contribution in [1.82, 2.24) is 0 Å². The molecule has 2 nitrogen and oxygen atoms in total. The Kier molecular flexibility index (Phi) is 10.3. The van der Waals surface area contributed by atoms with Gasteiger partial charge in [0.25, 0.3) is 0 Å². The van der Waals surface area contributed by atoms with Crippen LogP contribution in [0, 0.1) is 20.8 Å². The fourth-order valence-corrected chi connectivity index (χ4v) is 4.42. The van der Waals surface area contributed by atoms with Gasteiger partial charge >= 0.3 is 0 Å². The van der Waals surface area contributed by atoms with Crippen LogP contribution in [-0.2, 0) is 12.8 Å². The summed E-state index contributed by atoms with van der Waals surface area (Å²) in [4.78, 5) is 0. The van der Waals surface area contributed by atoms with Gasteiger partial charge in [-0.25, -0.2) is 0 Å². The zero-order valence-corrected chi connectivity index (χ0v) is 19.7. The van der Waals surface area contributed by atoms with Gasteiger partial charge in [0, 0.05) is 6.42 Å². The highest BCUT2D eigenvalue weighted by Crippen LogP contribution is 2.31. The SMILES string of the molecule is CCCCCCCCCCCCc1cc(C)c(O)c(Cc2cc(C)cc(C)c2O)c1. The highest BCUT2D eigenvalue weighted by molar-refractivity contribution is 5.50. The van der Waals surface area contributed by atoms with E-state index < -0.39 is 0 Å². The van der Waals surface area contributed by atoms with Crippen molar-refractivity contribution in [2.45, 2.75) is 105 Å². The first-order valence-electron chi connectivity index (χ1n) is 12.0. The van der Waals surface area contributed by atoms with Crippen LogP contribution in [0.1, 0.15) is 105 Å². The normalized spacial score (nSPS) is 11.2. The Morgan fingerprint density at radius 2 is 1.10 bits per heavy atom. The van der Waals surface area contributed by atoms with Crippen LogP contribution in [0.25, 0.3) is 0 Å². The van der Waals surface area contributed by atoms with E-state index in [9.17, 15) is 10.2 Å². The van der Waals surface area contributed by atoms with Gasteiger partial charge in [-0.1, -0.05) is 94.5 Å². The number of phenols is 2. The van der Waals surface area contributed by atoms with Gasteiger partial charge in [-0.15, -0.1) is 0 Å². The third kappa shape index (κ3) is 7.70. The third-order valence-electron chi connectivity index (χ3n) is 6.16. The van der Waals surface area contributed by atoms with Crippen LogP contribution in [0.5, 0.6) is 11.5 Å². The second-order valence-electron chi connectivity index (χ2n) is 9.12. The molecule has 0 heterocycles. The van der Waals surface area contributed by atoms with E-state index >= 15 is 0 Å². The van der Waals surface area contributed by atoms with Gasteiger partial charge in [-0.3, -0.25) is 0 Å². The highest BCUT2D eigenvalue weighted by atomic mass is 16.3. The van der Waals surface area contributed by atoms with E-state index in [0.717, 1.165) is 34.2 Å². The molecule has 2 aromatic carbocycles. The smallest absolute Gasteiger partial charge is 0.122 e. The molecule has 2 heteroatoms. The molecule has 2 rings (SSSR count). The predicted molar refractivity (Wildman–Crippen MR) is 129 cm³/mol. The number of phenolic OH excluding ortho intramolecular Hbond substituents is 2. The second kappa shape index (κ2) is 12.7. The number of aromatic hydroxyl groups is 2. The highest BCUT2D eigenvalue weighted by Gasteiger charge is 2.12. The summed E-state index contributed by atoms with van der Waals surface area (Å²) in [7, 11) is 0. The van der Waals surface area contributed by atoms with Gasteiger partial charge in [-0.05, 0) is 61.4 Å². The second-order valence-corrected chi connectivity index (χ2v) is 9.12. The van der Waals surface area contributed by atoms with Gasteiger partial charge in [0.15, 0.2) is 0 Å². The Hall–Kier alpha value is -1.96. The molecule has 0 saturated carbocycles. The first kappa shape index (κ1) is 24.3. The lowest BCUT2D eigenvalue weighted by molar-refractivity contribution is 0.458. The first-order valence-corrected chi connectivity index (χ1v) is 12.0. The zero-order chi connectivity index (χ0) is 21.9. The summed E-state index contributed by atoms with van der Waals surface area (Å²) in [6, 6.07) is 8.26. The number of unbranched alkanes of at least 4 members (excludes halogenated alkanes) is 9. The molecule has 0 radical (unpaired) electrons. The summed E-state index contributed by atoms with van der Waals surface area (Å²) < 4.78 is 0. The molecule has 0 atom stereocenters. The van der Waals surface area contributed by atoms with Gasteiger partial charge in [0.1, 0.15) is 11.5 Å². The molecule has 0 amide bonds. The van der Waals surface area contributed by atoms with Crippen LogP contribution in [0.15, 0.2) is 24.3 Å². The van der Waals surface area contributed by atoms with Gasteiger partial charge in [0.05, 0.1) is 0 Å². The largest absolute Gasteiger partial charge is 0.507 e. The number of rotatable bonds is 13. The van der Waals surface area contributed by atoms with Gasteiger partial charge < -0.3 is 10.2 Å². The van der Waals surface area contributed by atoms with Crippen molar-refractivity contribution in [3.8, 4) is 11.5 Å². The lowest BCUT2D eigenvalue weighted by Gasteiger charge is -2.14. The van der Waals surface area contributed by atoms with Gasteiger partial charge in [-0.2, -0.15) is 0 Å². The molecule has 2 aromatic rings. The van der Waals surface area contributed by atoms with Crippen LogP contribution in [0.4, 0.5) is 0 Å². The van der Waals surface area contributed by atoms with E-state index in [4.69, 9.17) is 0 Å². The van der Waals surface area contributed by atoms with Crippen molar-refractivity contribution in [1.29, 1.82) is 0 Å². The summed E-state index contributed by atoms with van der Waals surface area (Å²) in [6.45, 7) is 8.22. The van der Waals surface area contributed by atoms with Crippen molar-refractivity contribution in [3.05, 3.63) is 57.6 Å². The van der Waals surface area contributed by atoms with Crippen molar-refractivity contribution >= 4 is 0 Å². The Balaban J connectivity index is 1.85. The number of aryl methyl sites for hydroxylation is 4. The molecule has 0 aromatic heterocycles. The lowest BCUT2D eigenvalue weighted by Crippen LogP contribution is -1.97. The molecule has 166 valence electrons. The number of hydrogen-bond acceptors (Lipinski definition) is 2. The molecule has 0 unspecified atom stereocenters. The summed E-state index contributed by atoms with van der Waals surface area (Å²) in [5.41, 5.74) is 6.05. The fourth-order valence-electron chi connectivity index (χ4n) is 4.42. The molecule has 0 aliphatic carbocycles. The molecule has 2 N–H and O–H groups in total. The number of benzene rings is 2. The monoisotopic (exact) mass is 410 g/mol. The molecule has 0 aliphatic heterocycles. The van der Waals surface area contributed by atoms with E-state index in [2.05, 4.69) is 19.1 Å². The molecular formula is C28H42O2. The number of hydrogen-bond donors (Lipinski definition) is 2. The van der Waals surface area contributed by atoms with Crippen LogP contribution in [-0.4, -0.2) is 10.2 Å². The molecule has 0 spiro atoms. The van der Waals surface area contributed by atoms with Crippen LogP contribution in [0.3, 0.4) is 0 Å². The fraction of sp³-hybridized carbons (Fsp3) is 0.571. The van der Waals surface area contributed by atoms with Crippen molar-refractivity contribution in [3.63, 3.8) is 0 Å². The maximum absolute atomic E-state index is 10.6. The summed E-state index contributed by atoms with van der Waals surface area (Å²) >= 11 is 0. The standard InChI is InChI=1S/C28H42O2/c1-5-6-7-8-9-10-11-12-13-14-15-24-18-23(4)28(30)26(19-24)20-25-17-21(2)16-22(3)27(25)29/h16-19,29-30H,5-15,20H2,1-4H3. The molecule has 0 fully saturated rings. The molecule has 0 aliphatic rings. The molecule has 0 saturated heterocycles. The lowest BCUT2D eigenvalue weighted by atomic mass is 9.94. The zero-order valence-electron chi connectivity index (χ0n) is 19.7. The van der Waals surface area contributed by atoms with Crippen LogP contribution in [0.2, 0.25) is 0 Å². The average molecular weight is 411 g/mol. The van der Waals surface area contributed by atoms with E-state index in [0.29, 0.717) is 17.9 Å². The van der Waals surface area contributed by atoms with E-state index in [1.807, 2.05) is 32.9 Å². The Bertz CT molecular complexity index is 792. The quantitative estimate of drug-likeness (QED) is 0.328. The Morgan fingerprint density at radius 1 is 0.600 bits per heavy atom.